The topological polar surface area (TPSA) is 67.6 Å². The molecule has 0 amide bonds. The second kappa shape index (κ2) is 8.12. The van der Waals surface area contributed by atoms with Gasteiger partial charge in [0.25, 0.3) is 5.56 Å². The van der Waals surface area contributed by atoms with Crippen LogP contribution in [0, 0.1) is 0 Å². The van der Waals surface area contributed by atoms with E-state index in [4.69, 9.17) is 9.84 Å². The molecule has 1 N–H and O–H groups in total. The normalized spacial score (nSPS) is 12.5. The van der Waals surface area contributed by atoms with Crippen molar-refractivity contribution in [2.45, 2.75) is 38.6 Å². The van der Waals surface area contributed by atoms with Crippen LogP contribution in [0.1, 0.15) is 5.56 Å². The molecule has 0 spiro atoms. The zero-order valence-corrected chi connectivity index (χ0v) is 15.4. The molecular formula is C14H24F3N3O3Si. The van der Waals surface area contributed by atoms with Crippen molar-refractivity contribution >= 4 is 13.8 Å². The molecule has 6 nitrogen and oxygen atoms in total. The maximum absolute atomic E-state index is 13.3. The van der Waals surface area contributed by atoms with Gasteiger partial charge in [-0.1, -0.05) is 19.6 Å². The third-order valence-corrected chi connectivity index (χ3v) is 5.07. The van der Waals surface area contributed by atoms with Crippen molar-refractivity contribution in [2.24, 2.45) is 0 Å². The molecule has 0 saturated heterocycles. The first-order chi connectivity index (χ1) is 11.0. The van der Waals surface area contributed by atoms with Crippen LogP contribution in [0.15, 0.2) is 11.0 Å². The molecular weight excluding hydrogens is 343 g/mol. The summed E-state index contributed by atoms with van der Waals surface area (Å²) in [7, 11) is 0.0319. The number of hydrogen-bond acceptors (Lipinski definition) is 5. The number of likely N-dealkylation sites (N-methyl/N-ethyl adjacent to an activating group) is 1. The predicted molar refractivity (Wildman–Crippen MR) is 88.0 cm³/mol. The Balaban J connectivity index is 3.03. The van der Waals surface area contributed by atoms with Crippen LogP contribution in [0.25, 0.3) is 0 Å². The minimum atomic E-state index is -4.82. The number of aromatic nitrogens is 2. The Labute approximate surface area is 139 Å². The van der Waals surface area contributed by atoms with Gasteiger partial charge < -0.3 is 14.7 Å². The van der Waals surface area contributed by atoms with Gasteiger partial charge in [-0.25, -0.2) is 4.68 Å². The van der Waals surface area contributed by atoms with E-state index in [0.717, 1.165) is 17.1 Å². The highest BCUT2D eigenvalue weighted by Crippen LogP contribution is 2.33. The molecule has 1 rings (SSSR count). The summed E-state index contributed by atoms with van der Waals surface area (Å²) in [5, 5.41) is 12.6. The predicted octanol–water partition coefficient (Wildman–Crippen LogP) is 2.00. The number of aliphatic hydroxyl groups excluding tert-OH is 1. The first kappa shape index (κ1) is 20.7. The number of ether oxygens (including phenoxy) is 1. The molecule has 1 aromatic rings. The van der Waals surface area contributed by atoms with Crippen LogP contribution < -0.4 is 10.5 Å². The van der Waals surface area contributed by atoms with Crippen molar-refractivity contribution in [2.75, 3.05) is 31.7 Å². The largest absolute Gasteiger partial charge is 0.423 e. The zero-order valence-electron chi connectivity index (χ0n) is 14.4. The fourth-order valence-corrected chi connectivity index (χ4v) is 2.68. The van der Waals surface area contributed by atoms with Gasteiger partial charge in [-0.3, -0.25) is 4.79 Å². The summed E-state index contributed by atoms with van der Waals surface area (Å²) in [6.07, 6.45) is -3.85. The Morgan fingerprint density at radius 2 is 2.00 bits per heavy atom. The number of nitrogens with zero attached hydrogens (tertiary/aromatic N) is 3. The lowest BCUT2D eigenvalue weighted by molar-refractivity contribution is -0.138. The molecule has 1 heterocycles. The van der Waals surface area contributed by atoms with E-state index < -0.39 is 25.4 Å². The van der Waals surface area contributed by atoms with E-state index in [2.05, 4.69) is 24.7 Å². The molecule has 0 bridgehead atoms. The van der Waals surface area contributed by atoms with E-state index in [1.54, 1.807) is 0 Å². The molecule has 0 aliphatic rings. The minimum Gasteiger partial charge on any atom is -0.395 e. The number of alkyl halides is 3. The van der Waals surface area contributed by atoms with Crippen molar-refractivity contribution in [3.05, 3.63) is 22.1 Å². The highest BCUT2D eigenvalue weighted by atomic mass is 28.3. The van der Waals surface area contributed by atoms with E-state index >= 15 is 0 Å². The third-order valence-electron chi connectivity index (χ3n) is 3.36. The molecule has 0 atom stereocenters. The van der Waals surface area contributed by atoms with Crippen LogP contribution in [-0.2, 0) is 17.6 Å². The molecule has 0 fully saturated rings. The molecule has 0 saturated carbocycles. The Hall–Kier alpha value is -1.39. The Bertz CT molecular complexity index is 600. The smallest absolute Gasteiger partial charge is 0.395 e. The Morgan fingerprint density at radius 3 is 2.50 bits per heavy atom. The van der Waals surface area contributed by atoms with E-state index in [1.165, 1.54) is 7.05 Å². The van der Waals surface area contributed by atoms with E-state index in [0.29, 0.717) is 11.3 Å². The summed E-state index contributed by atoms with van der Waals surface area (Å²) in [5.74, 6) is 0. The monoisotopic (exact) mass is 367 g/mol. The number of rotatable bonds is 8. The first-order valence-electron chi connectivity index (χ1n) is 7.54. The van der Waals surface area contributed by atoms with Crippen LogP contribution in [-0.4, -0.2) is 49.8 Å². The van der Waals surface area contributed by atoms with Crippen LogP contribution >= 0.6 is 0 Å². The first-order valence-corrected chi connectivity index (χ1v) is 11.2. The minimum absolute atomic E-state index is 0.0407. The lowest BCUT2D eigenvalue weighted by Crippen LogP contribution is -2.35. The molecule has 0 radical (unpaired) electrons. The molecule has 138 valence electrons. The van der Waals surface area contributed by atoms with E-state index in [9.17, 15) is 18.0 Å². The molecule has 0 unspecified atom stereocenters. The average Bonchev–Trinajstić information content (AvgIpc) is 2.42. The maximum atomic E-state index is 13.3. The van der Waals surface area contributed by atoms with Crippen LogP contribution in [0.3, 0.4) is 0 Å². The lowest BCUT2D eigenvalue weighted by Gasteiger charge is -2.22. The van der Waals surface area contributed by atoms with Gasteiger partial charge in [0.05, 0.1) is 18.5 Å². The number of hydrogen-bond donors (Lipinski definition) is 1. The second-order valence-corrected chi connectivity index (χ2v) is 12.3. The zero-order chi connectivity index (χ0) is 18.5. The molecule has 0 aliphatic heterocycles. The van der Waals surface area contributed by atoms with Gasteiger partial charge in [-0.05, 0) is 6.04 Å². The van der Waals surface area contributed by atoms with Crippen LogP contribution in [0.4, 0.5) is 18.9 Å². The van der Waals surface area contributed by atoms with Crippen LogP contribution in [0.5, 0.6) is 0 Å². The van der Waals surface area contributed by atoms with Gasteiger partial charge in [0, 0.05) is 28.3 Å². The van der Waals surface area contributed by atoms with Crippen molar-refractivity contribution in [1.29, 1.82) is 0 Å². The fourth-order valence-electron chi connectivity index (χ4n) is 1.93. The lowest BCUT2D eigenvalue weighted by atomic mass is 10.2. The summed E-state index contributed by atoms with van der Waals surface area (Å²) in [5.41, 5.74) is -2.92. The number of aliphatic hydroxyl groups is 1. The molecule has 0 aliphatic carbocycles. The SMILES string of the molecule is CN(CCO)c1cnn(COCC[Si](C)(C)C)c(=O)c1C(F)(F)F. The highest BCUT2D eigenvalue weighted by Gasteiger charge is 2.39. The summed E-state index contributed by atoms with van der Waals surface area (Å²) in [4.78, 5) is 13.3. The summed E-state index contributed by atoms with van der Waals surface area (Å²) in [6, 6.07) is 0.838. The van der Waals surface area contributed by atoms with E-state index in [-0.39, 0.29) is 25.6 Å². The van der Waals surface area contributed by atoms with Crippen molar-refractivity contribution < 1.29 is 23.0 Å². The number of halogens is 3. The summed E-state index contributed by atoms with van der Waals surface area (Å²) in [6.45, 7) is 6.11. The van der Waals surface area contributed by atoms with Gasteiger partial charge in [0.1, 0.15) is 12.3 Å². The Morgan fingerprint density at radius 1 is 1.38 bits per heavy atom. The fraction of sp³-hybridized carbons (Fsp3) is 0.714. The molecule has 0 aromatic carbocycles. The Kier molecular flexibility index (Phi) is 6.99. The van der Waals surface area contributed by atoms with Gasteiger partial charge >= 0.3 is 6.18 Å². The third kappa shape index (κ3) is 5.91. The van der Waals surface area contributed by atoms with E-state index in [1.807, 2.05) is 0 Å². The van der Waals surface area contributed by atoms with Gasteiger partial charge in [-0.15, -0.1) is 0 Å². The maximum Gasteiger partial charge on any atom is 0.423 e. The van der Waals surface area contributed by atoms with Gasteiger partial charge in [-0.2, -0.15) is 18.3 Å². The van der Waals surface area contributed by atoms with Gasteiger partial charge in [0.2, 0.25) is 0 Å². The number of anilines is 1. The highest BCUT2D eigenvalue weighted by molar-refractivity contribution is 6.76. The standard InChI is InChI=1S/C14H24F3N3O3Si/c1-19(5-6-21)11-9-18-20(10-23-7-8-24(2,3)4)13(22)12(11)14(15,16)17/h9,21H,5-8,10H2,1-4H3. The molecule has 10 heteroatoms. The van der Waals surface area contributed by atoms with Crippen molar-refractivity contribution in [1.82, 2.24) is 9.78 Å². The molecule has 24 heavy (non-hydrogen) atoms. The van der Waals surface area contributed by atoms with Crippen molar-refractivity contribution in [3.8, 4) is 0 Å². The molecule has 1 aromatic heterocycles. The summed E-state index contributed by atoms with van der Waals surface area (Å²) >= 11 is 0. The van der Waals surface area contributed by atoms with Crippen LogP contribution in [0.2, 0.25) is 25.7 Å². The van der Waals surface area contributed by atoms with Gasteiger partial charge in [0.15, 0.2) is 0 Å². The second-order valence-electron chi connectivity index (χ2n) is 6.70. The average molecular weight is 367 g/mol. The van der Waals surface area contributed by atoms with Crippen molar-refractivity contribution in [3.63, 3.8) is 0 Å². The quantitative estimate of drug-likeness (QED) is 0.562. The summed E-state index contributed by atoms with van der Waals surface area (Å²) < 4.78 is 45.8.